The van der Waals surface area contributed by atoms with Gasteiger partial charge in [0.25, 0.3) is 0 Å². The quantitative estimate of drug-likeness (QED) is 0.923. The molecule has 2 atom stereocenters. The van der Waals surface area contributed by atoms with Crippen molar-refractivity contribution in [2.45, 2.75) is 25.9 Å². The Bertz CT molecular complexity index is 732. The Morgan fingerprint density at radius 3 is 2.70 bits per heavy atom. The summed E-state index contributed by atoms with van der Waals surface area (Å²) in [7, 11) is 0. The topological polar surface area (TPSA) is 58.0 Å². The molecule has 3 heterocycles. The SMILES string of the molecule is CC1CN(c2cc(N3CCOC3=O)cc3ccoc23)CC(C)N1. The number of carbonyl (C=O) groups excluding carboxylic acids is 1. The predicted molar refractivity (Wildman–Crippen MR) is 89.2 cm³/mol. The molecule has 2 aromatic rings. The zero-order chi connectivity index (χ0) is 16.0. The van der Waals surface area contributed by atoms with Crippen molar-refractivity contribution in [3.63, 3.8) is 0 Å². The number of anilines is 2. The molecule has 0 spiro atoms. The number of benzene rings is 1. The van der Waals surface area contributed by atoms with Crippen LogP contribution in [-0.2, 0) is 4.74 Å². The maximum atomic E-state index is 11.9. The van der Waals surface area contributed by atoms with E-state index in [1.165, 1.54) is 0 Å². The average Bonchev–Trinajstić information content (AvgIpc) is 3.13. The van der Waals surface area contributed by atoms with Crippen LogP contribution < -0.4 is 15.1 Å². The van der Waals surface area contributed by atoms with E-state index in [0.29, 0.717) is 25.2 Å². The van der Waals surface area contributed by atoms with E-state index < -0.39 is 0 Å². The van der Waals surface area contributed by atoms with Gasteiger partial charge in [-0.1, -0.05) is 0 Å². The molecule has 0 saturated carbocycles. The predicted octanol–water partition coefficient (Wildman–Crippen LogP) is 2.58. The van der Waals surface area contributed by atoms with E-state index in [1.807, 2.05) is 18.2 Å². The van der Waals surface area contributed by atoms with Crippen molar-refractivity contribution in [2.75, 3.05) is 36.0 Å². The summed E-state index contributed by atoms with van der Waals surface area (Å²) in [5.41, 5.74) is 2.79. The molecule has 0 bridgehead atoms. The second-order valence-corrected chi connectivity index (χ2v) is 6.44. The highest BCUT2D eigenvalue weighted by Gasteiger charge is 2.28. The lowest BCUT2D eigenvalue weighted by Crippen LogP contribution is -2.54. The number of furan rings is 1. The highest BCUT2D eigenvalue weighted by atomic mass is 16.6. The Morgan fingerprint density at radius 1 is 1.22 bits per heavy atom. The molecule has 0 radical (unpaired) electrons. The van der Waals surface area contributed by atoms with Crippen LogP contribution in [0.3, 0.4) is 0 Å². The molecule has 1 aromatic heterocycles. The van der Waals surface area contributed by atoms with Crippen molar-refractivity contribution in [2.24, 2.45) is 0 Å². The highest BCUT2D eigenvalue weighted by Crippen LogP contribution is 2.35. The molecule has 2 fully saturated rings. The number of hydrogen-bond donors (Lipinski definition) is 1. The van der Waals surface area contributed by atoms with Gasteiger partial charge in [-0.2, -0.15) is 0 Å². The minimum Gasteiger partial charge on any atom is -0.462 e. The van der Waals surface area contributed by atoms with Crippen LogP contribution in [0.5, 0.6) is 0 Å². The van der Waals surface area contributed by atoms with E-state index in [0.717, 1.165) is 35.4 Å². The number of cyclic esters (lactones) is 1. The van der Waals surface area contributed by atoms with Gasteiger partial charge in [-0.25, -0.2) is 4.79 Å². The molecule has 6 nitrogen and oxygen atoms in total. The van der Waals surface area contributed by atoms with Gasteiger partial charge < -0.3 is 19.4 Å². The number of hydrogen-bond acceptors (Lipinski definition) is 5. The third-order valence-electron chi connectivity index (χ3n) is 4.49. The van der Waals surface area contributed by atoms with Crippen LogP contribution in [0.15, 0.2) is 28.9 Å². The van der Waals surface area contributed by atoms with Gasteiger partial charge in [0, 0.05) is 30.6 Å². The third-order valence-corrected chi connectivity index (χ3v) is 4.49. The van der Waals surface area contributed by atoms with Crippen LogP contribution in [0, 0.1) is 0 Å². The fraction of sp³-hybridized carbons (Fsp3) is 0.471. The lowest BCUT2D eigenvalue weighted by Gasteiger charge is -2.37. The van der Waals surface area contributed by atoms with E-state index in [9.17, 15) is 4.79 Å². The minimum atomic E-state index is -0.277. The Hall–Kier alpha value is -2.21. The molecule has 6 heteroatoms. The maximum absolute atomic E-state index is 11.9. The molecule has 1 aromatic carbocycles. The summed E-state index contributed by atoms with van der Waals surface area (Å²) in [6.07, 6.45) is 1.43. The van der Waals surface area contributed by atoms with E-state index >= 15 is 0 Å². The Balaban J connectivity index is 1.78. The maximum Gasteiger partial charge on any atom is 0.414 e. The van der Waals surface area contributed by atoms with Crippen molar-refractivity contribution in [1.82, 2.24) is 5.32 Å². The molecular formula is C17H21N3O3. The summed E-state index contributed by atoms with van der Waals surface area (Å²) < 4.78 is 10.8. The van der Waals surface area contributed by atoms with Crippen molar-refractivity contribution >= 4 is 28.4 Å². The smallest absolute Gasteiger partial charge is 0.414 e. The summed E-state index contributed by atoms with van der Waals surface area (Å²) in [6, 6.07) is 6.79. The average molecular weight is 315 g/mol. The number of rotatable bonds is 2. The van der Waals surface area contributed by atoms with Crippen LogP contribution in [0.4, 0.5) is 16.2 Å². The van der Waals surface area contributed by atoms with Crippen molar-refractivity contribution < 1.29 is 13.9 Å². The van der Waals surface area contributed by atoms with Crippen LogP contribution in [-0.4, -0.2) is 44.4 Å². The fourth-order valence-electron chi connectivity index (χ4n) is 3.59. The Labute approximate surface area is 135 Å². The van der Waals surface area contributed by atoms with Gasteiger partial charge in [0.05, 0.1) is 24.2 Å². The number of ether oxygens (including phenoxy) is 1. The van der Waals surface area contributed by atoms with Gasteiger partial charge in [-0.3, -0.25) is 4.90 Å². The van der Waals surface area contributed by atoms with E-state index in [1.54, 1.807) is 11.2 Å². The Morgan fingerprint density at radius 2 is 2.00 bits per heavy atom. The van der Waals surface area contributed by atoms with E-state index in [4.69, 9.17) is 9.15 Å². The van der Waals surface area contributed by atoms with Crippen molar-refractivity contribution in [3.8, 4) is 0 Å². The molecule has 1 amide bonds. The first-order valence-corrected chi connectivity index (χ1v) is 8.08. The first kappa shape index (κ1) is 14.4. The summed E-state index contributed by atoms with van der Waals surface area (Å²) in [5.74, 6) is 0. The molecule has 23 heavy (non-hydrogen) atoms. The van der Waals surface area contributed by atoms with Gasteiger partial charge in [0.15, 0.2) is 5.58 Å². The number of fused-ring (bicyclic) bond motifs is 1. The van der Waals surface area contributed by atoms with E-state index in [2.05, 4.69) is 24.1 Å². The van der Waals surface area contributed by atoms with Gasteiger partial charge in [0.2, 0.25) is 0 Å². The van der Waals surface area contributed by atoms with Crippen molar-refractivity contribution in [3.05, 3.63) is 24.5 Å². The summed E-state index contributed by atoms with van der Waals surface area (Å²) >= 11 is 0. The number of amides is 1. The summed E-state index contributed by atoms with van der Waals surface area (Å²) in [4.78, 5) is 15.9. The third kappa shape index (κ3) is 2.53. The van der Waals surface area contributed by atoms with Crippen LogP contribution in [0.1, 0.15) is 13.8 Å². The molecule has 0 aliphatic carbocycles. The Kier molecular flexibility index (Phi) is 3.41. The number of nitrogens with one attached hydrogen (secondary N) is 1. The zero-order valence-corrected chi connectivity index (χ0v) is 13.4. The van der Waals surface area contributed by atoms with Crippen LogP contribution >= 0.6 is 0 Å². The summed E-state index contributed by atoms with van der Waals surface area (Å²) in [6.45, 7) is 7.23. The monoisotopic (exact) mass is 315 g/mol. The molecular weight excluding hydrogens is 294 g/mol. The number of nitrogens with zero attached hydrogens (tertiary/aromatic N) is 2. The number of carbonyl (C=O) groups is 1. The van der Waals surface area contributed by atoms with Crippen LogP contribution in [0.2, 0.25) is 0 Å². The molecule has 2 aliphatic heterocycles. The first-order chi connectivity index (χ1) is 11.1. The van der Waals surface area contributed by atoms with Gasteiger partial charge in [-0.05, 0) is 32.0 Å². The molecule has 4 rings (SSSR count). The van der Waals surface area contributed by atoms with E-state index in [-0.39, 0.29) is 6.09 Å². The van der Waals surface area contributed by atoms with Crippen LogP contribution in [0.25, 0.3) is 11.0 Å². The minimum absolute atomic E-state index is 0.277. The van der Waals surface area contributed by atoms with Gasteiger partial charge in [0.1, 0.15) is 6.61 Å². The molecule has 122 valence electrons. The second-order valence-electron chi connectivity index (χ2n) is 6.44. The lowest BCUT2D eigenvalue weighted by atomic mass is 10.1. The molecule has 1 N–H and O–H groups in total. The molecule has 2 aliphatic rings. The summed E-state index contributed by atoms with van der Waals surface area (Å²) in [5, 5.41) is 4.55. The fourth-order valence-corrected chi connectivity index (χ4v) is 3.59. The zero-order valence-electron chi connectivity index (χ0n) is 13.4. The number of piperazine rings is 1. The normalized spacial score (nSPS) is 25.2. The highest BCUT2D eigenvalue weighted by molar-refractivity contribution is 5.98. The van der Waals surface area contributed by atoms with Crippen molar-refractivity contribution in [1.29, 1.82) is 0 Å². The standard InChI is InChI=1S/C17H21N3O3/c1-11-9-19(10-12(2)18-11)15-8-14(20-4-6-23-17(20)21)7-13-3-5-22-16(13)15/h3,5,7-8,11-12,18H,4,6,9-10H2,1-2H3. The van der Waals surface area contributed by atoms with Gasteiger partial charge in [-0.15, -0.1) is 0 Å². The van der Waals surface area contributed by atoms with Gasteiger partial charge >= 0.3 is 6.09 Å². The molecule has 2 saturated heterocycles. The molecule has 2 unspecified atom stereocenters. The lowest BCUT2D eigenvalue weighted by molar-refractivity contribution is 0.181. The largest absolute Gasteiger partial charge is 0.462 e. The second kappa shape index (κ2) is 5.45. The first-order valence-electron chi connectivity index (χ1n) is 8.08.